The first-order valence-corrected chi connectivity index (χ1v) is 9.58. The summed E-state index contributed by atoms with van der Waals surface area (Å²) < 4.78 is 6.02. The highest BCUT2D eigenvalue weighted by Gasteiger charge is 2.27. The van der Waals surface area contributed by atoms with Gasteiger partial charge in [0.25, 0.3) is 0 Å². The third-order valence-corrected chi connectivity index (χ3v) is 4.87. The molecule has 1 atom stereocenters. The maximum absolute atomic E-state index is 11.4. The van der Waals surface area contributed by atoms with Gasteiger partial charge in [-0.2, -0.15) is 0 Å². The molecule has 0 saturated carbocycles. The van der Waals surface area contributed by atoms with Crippen LogP contribution in [-0.4, -0.2) is 34.1 Å². The highest BCUT2D eigenvalue weighted by atomic mass is 16.5. The lowest BCUT2D eigenvalue weighted by molar-refractivity contribution is -0.141. The molecule has 7 nitrogen and oxygen atoms in total. The zero-order chi connectivity index (χ0) is 20.1. The molecule has 1 saturated heterocycles. The van der Waals surface area contributed by atoms with Crippen LogP contribution in [0.1, 0.15) is 12.8 Å². The van der Waals surface area contributed by atoms with Crippen LogP contribution in [0.4, 0.5) is 17.2 Å². The summed E-state index contributed by atoms with van der Waals surface area (Å²) in [7, 11) is 0. The summed E-state index contributed by atoms with van der Waals surface area (Å²) in [5.41, 5.74) is 1.71. The number of carbonyl (C=O) groups is 1. The van der Waals surface area contributed by atoms with E-state index in [9.17, 15) is 9.90 Å². The fourth-order valence-electron chi connectivity index (χ4n) is 3.40. The lowest BCUT2D eigenvalue weighted by Crippen LogP contribution is -2.38. The Morgan fingerprint density at radius 1 is 1.07 bits per heavy atom. The van der Waals surface area contributed by atoms with Crippen molar-refractivity contribution in [1.29, 1.82) is 0 Å². The molecule has 0 spiro atoms. The van der Waals surface area contributed by atoms with Crippen LogP contribution in [-0.2, 0) is 4.79 Å². The van der Waals surface area contributed by atoms with Gasteiger partial charge in [-0.15, -0.1) is 0 Å². The minimum Gasteiger partial charge on any atom is -0.481 e. The Hall–Kier alpha value is -3.61. The number of anilines is 3. The largest absolute Gasteiger partial charge is 0.481 e. The number of piperidine rings is 1. The van der Waals surface area contributed by atoms with Gasteiger partial charge in [0.05, 0.1) is 5.92 Å². The van der Waals surface area contributed by atoms with Crippen molar-refractivity contribution in [2.75, 3.05) is 23.3 Å². The van der Waals surface area contributed by atoms with Crippen LogP contribution in [0.5, 0.6) is 11.6 Å². The smallest absolute Gasteiger partial charge is 0.308 e. The first-order chi connectivity index (χ1) is 14.2. The SMILES string of the molecule is O=C(O)C1CCCN(c2cccnc2Oc2ccc(Nc3ccccn3)cc2)C1. The van der Waals surface area contributed by atoms with Crippen molar-refractivity contribution in [3.05, 3.63) is 67.0 Å². The van der Waals surface area contributed by atoms with Crippen LogP contribution in [0.15, 0.2) is 67.0 Å². The Kier molecular flexibility index (Phi) is 5.56. The number of benzene rings is 1. The summed E-state index contributed by atoms with van der Waals surface area (Å²) in [5.74, 6) is 0.782. The third-order valence-electron chi connectivity index (χ3n) is 4.87. The van der Waals surface area contributed by atoms with Crippen LogP contribution in [0, 0.1) is 5.92 Å². The van der Waals surface area contributed by atoms with E-state index in [4.69, 9.17) is 4.74 Å². The predicted octanol–water partition coefficient (Wildman–Crippen LogP) is 4.31. The maximum Gasteiger partial charge on any atom is 0.308 e. The van der Waals surface area contributed by atoms with Crippen LogP contribution in [0.2, 0.25) is 0 Å². The first kappa shape index (κ1) is 18.7. The quantitative estimate of drug-likeness (QED) is 0.648. The summed E-state index contributed by atoms with van der Waals surface area (Å²) >= 11 is 0. The highest BCUT2D eigenvalue weighted by Crippen LogP contribution is 2.33. The zero-order valence-electron chi connectivity index (χ0n) is 15.9. The van der Waals surface area contributed by atoms with Crippen molar-refractivity contribution in [1.82, 2.24) is 9.97 Å². The summed E-state index contributed by atoms with van der Waals surface area (Å²) in [6, 6.07) is 17.0. The molecule has 148 valence electrons. The topological polar surface area (TPSA) is 87.6 Å². The second kappa shape index (κ2) is 8.60. The fraction of sp³-hybridized carbons (Fsp3) is 0.227. The molecule has 1 aliphatic rings. The van der Waals surface area contributed by atoms with Gasteiger partial charge in [0, 0.05) is 31.2 Å². The predicted molar refractivity (Wildman–Crippen MR) is 111 cm³/mol. The van der Waals surface area contributed by atoms with Crippen LogP contribution in [0.25, 0.3) is 0 Å². The molecule has 0 bridgehead atoms. The Bertz CT molecular complexity index is 963. The number of rotatable bonds is 6. The number of nitrogens with one attached hydrogen (secondary N) is 1. The number of hydrogen-bond donors (Lipinski definition) is 2. The summed E-state index contributed by atoms with van der Waals surface area (Å²) in [6.45, 7) is 1.25. The number of aliphatic carboxylic acids is 1. The summed E-state index contributed by atoms with van der Waals surface area (Å²) in [4.78, 5) is 22.0. The standard InChI is InChI=1S/C22H22N4O3/c27-22(28)16-5-4-14-26(15-16)19-6-3-13-24-21(19)29-18-10-8-17(9-11-18)25-20-7-1-2-12-23-20/h1-3,6-13,16H,4-5,14-15H2,(H,23,25)(H,27,28). The molecule has 29 heavy (non-hydrogen) atoms. The Balaban J connectivity index is 1.48. The van der Waals surface area contributed by atoms with E-state index in [0.717, 1.165) is 30.2 Å². The van der Waals surface area contributed by atoms with E-state index >= 15 is 0 Å². The second-order valence-corrected chi connectivity index (χ2v) is 6.92. The van der Waals surface area contributed by atoms with Crippen molar-refractivity contribution >= 4 is 23.2 Å². The van der Waals surface area contributed by atoms with Crippen molar-refractivity contribution < 1.29 is 14.6 Å². The zero-order valence-corrected chi connectivity index (χ0v) is 15.9. The molecule has 3 aromatic rings. The summed E-state index contributed by atoms with van der Waals surface area (Å²) in [6.07, 6.45) is 4.94. The molecule has 2 aromatic heterocycles. The molecule has 1 aromatic carbocycles. The third kappa shape index (κ3) is 4.63. The van der Waals surface area contributed by atoms with E-state index < -0.39 is 5.97 Å². The van der Waals surface area contributed by atoms with Crippen LogP contribution in [0.3, 0.4) is 0 Å². The molecule has 7 heteroatoms. The number of aromatic nitrogens is 2. The lowest BCUT2D eigenvalue weighted by atomic mass is 9.98. The van der Waals surface area contributed by atoms with Gasteiger partial charge < -0.3 is 20.1 Å². The van der Waals surface area contributed by atoms with Crippen molar-refractivity contribution in [3.63, 3.8) is 0 Å². The minimum absolute atomic E-state index is 0.367. The lowest BCUT2D eigenvalue weighted by Gasteiger charge is -2.33. The normalized spacial score (nSPS) is 16.3. The van der Waals surface area contributed by atoms with E-state index in [-0.39, 0.29) is 5.92 Å². The monoisotopic (exact) mass is 390 g/mol. The number of hydrogen-bond acceptors (Lipinski definition) is 6. The Labute approximate surface area is 169 Å². The number of carboxylic acid groups (broad SMARTS) is 1. The molecule has 3 heterocycles. The maximum atomic E-state index is 11.4. The highest BCUT2D eigenvalue weighted by molar-refractivity contribution is 5.71. The van der Waals surface area contributed by atoms with Crippen molar-refractivity contribution in [2.24, 2.45) is 5.92 Å². The molecule has 0 radical (unpaired) electrons. The van der Waals surface area contributed by atoms with Gasteiger partial charge in [-0.3, -0.25) is 4.79 Å². The number of nitrogens with zero attached hydrogens (tertiary/aromatic N) is 3. The number of pyridine rings is 2. The van der Waals surface area contributed by atoms with Crippen molar-refractivity contribution in [2.45, 2.75) is 12.8 Å². The molecule has 1 unspecified atom stereocenters. The molecule has 0 amide bonds. The fourth-order valence-corrected chi connectivity index (χ4v) is 3.40. The van der Waals surface area contributed by atoms with Gasteiger partial charge >= 0.3 is 5.97 Å². The van der Waals surface area contributed by atoms with Gasteiger partial charge in [-0.25, -0.2) is 9.97 Å². The van der Waals surface area contributed by atoms with Crippen LogP contribution < -0.4 is 15.0 Å². The van der Waals surface area contributed by atoms with Gasteiger partial charge in [0.15, 0.2) is 0 Å². The van der Waals surface area contributed by atoms with Gasteiger partial charge in [0.1, 0.15) is 17.3 Å². The Morgan fingerprint density at radius 2 is 1.90 bits per heavy atom. The average Bonchev–Trinajstić information content (AvgIpc) is 2.76. The number of carboxylic acids is 1. The first-order valence-electron chi connectivity index (χ1n) is 9.58. The van der Waals surface area contributed by atoms with Gasteiger partial charge in [-0.05, 0) is 61.4 Å². The van der Waals surface area contributed by atoms with E-state index in [1.807, 2.05) is 59.5 Å². The van der Waals surface area contributed by atoms with Crippen molar-refractivity contribution in [3.8, 4) is 11.6 Å². The molecule has 1 aliphatic heterocycles. The molecule has 1 fully saturated rings. The molecule has 2 N–H and O–H groups in total. The van der Waals surface area contributed by atoms with Gasteiger partial charge in [0.2, 0.25) is 5.88 Å². The van der Waals surface area contributed by atoms with Gasteiger partial charge in [-0.1, -0.05) is 6.07 Å². The van der Waals surface area contributed by atoms with Crippen LogP contribution >= 0.6 is 0 Å². The summed E-state index contributed by atoms with van der Waals surface area (Å²) in [5, 5.41) is 12.6. The van der Waals surface area contributed by atoms with E-state index in [2.05, 4.69) is 15.3 Å². The minimum atomic E-state index is -0.753. The molecule has 4 rings (SSSR count). The Morgan fingerprint density at radius 3 is 2.66 bits per heavy atom. The second-order valence-electron chi connectivity index (χ2n) is 6.92. The van der Waals surface area contributed by atoms with E-state index in [1.165, 1.54) is 0 Å². The molecular weight excluding hydrogens is 368 g/mol. The average molecular weight is 390 g/mol. The molecular formula is C22H22N4O3. The molecule has 0 aliphatic carbocycles. The number of ether oxygens (including phenoxy) is 1. The van der Waals surface area contributed by atoms with E-state index in [0.29, 0.717) is 24.6 Å². The van der Waals surface area contributed by atoms with E-state index in [1.54, 1.807) is 12.4 Å².